The zero-order chi connectivity index (χ0) is 15.4. The van der Waals surface area contributed by atoms with E-state index in [4.69, 9.17) is 5.73 Å². The van der Waals surface area contributed by atoms with Gasteiger partial charge >= 0.3 is 0 Å². The van der Waals surface area contributed by atoms with E-state index in [9.17, 15) is 9.59 Å². The van der Waals surface area contributed by atoms with Gasteiger partial charge in [0.2, 0.25) is 11.8 Å². The molecule has 3 N–H and O–H groups in total. The van der Waals surface area contributed by atoms with Gasteiger partial charge in [0.05, 0.1) is 12.6 Å². The van der Waals surface area contributed by atoms with Gasteiger partial charge in [0.25, 0.3) is 0 Å². The average Bonchev–Trinajstić information content (AvgIpc) is 2.44. The molecule has 0 aromatic rings. The van der Waals surface area contributed by atoms with E-state index in [1.54, 1.807) is 4.90 Å². The monoisotopic (exact) mass is 295 g/mol. The van der Waals surface area contributed by atoms with Crippen molar-refractivity contribution in [3.63, 3.8) is 0 Å². The normalized spacial score (nSPS) is 29.0. The maximum atomic E-state index is 12.7. The Morgan fingerprint density at radius 2 is 1.90 bits per heavy atom. The van der Waals surface area contributed by atoms with Crippen molar-refractivity contribution in [2.75, 3.05) is 13.1 Å². The lowest BCUT2D eigenvalue weighted by Crippen LogP contribution is -2.57. The van der Waals surface area contributed by atoms with Gasteiger partial charge in [-0.25, -0.2) is 0 Å². The van der Waals surface area contributed by atoms with Crippen molar-refractivity contribution in [3.8, 4) is 0 Å². The first kappa shape index (κ1) is 16.3. The van der Waals surface area contributed by atoms with Crippen molar-refractivity contribution in [3.05, 3.63) is 0 Å². The first-order valence-electron chi connectivity index (χ1n) is 8.30. The van der Waals surface area contributed by atoms with Crippen LogP contribution in [-0.2, 0) is 9.59 Å². The smallest absolute Gasteiger partial charge is 0.240 e. The molecule has 1 saturated carbocycles. The molecule has 2 amide bonds. The third kappa shape index (κ3) is 4.43. The van der Waals surface area contributed by atoms with Gasteiger partial charge in [-0.1, -0.05) is 26.7 Å². The van der Waals surface area contributed by atoms with Crippen LogP contribution in [0.4, 0.5) is 0 Å². The maximum absolute atomic E-state index is 12.7. The summed E-state index contributed by atoms with van der Waals surface area (Å²) in [6.07, 6.45) is 7.05. The lowest BCUT2D eigenvalue weighted by Gasteiger charge is -2.41. The van der Waals surface area contributed by atoms with E-state index >= 15 is 0 Å². The second kappa shape index (κ2) is 7.25. The Hall–Kier alpha value is -1.10. The number of hydrogen-bond acceptors (Lipinski definition) is 3. The number of piperidine rings is 1. The molecule has 3 unspecified atom stereocenters. The number of nitrogens with one attached hydrogen (secondary N) is 1. The molecule has 2 aliphatic rings. The Morgan fingerprint density at radius 1 is 1.19 bits per heavy atom. The van der Waals surface area contributed by atoms with Crippen LogP contribution in [0, 0.1) is 11.8 Å². The minimum absolute atomic E-state index is 0.0310. The fourth-order valence-corrected chi connectivity index (χ4v) is 3.77. The highest BCUT2D eigenvalue weighted by molar-refractivity contribution is 5.87. The molecule has 120 valence electrons. The van der Waals surface area contributed by atoms with Crippen LogP contribution in [0.15, 0.2) is 0 Å². The van der Waals surface area contributed by atoms with E-state index < -0.39 is 5.91 Å². The summed E-state index contributed by atoms with van der Waals surface area (Å²) in [7, 11) is 0. The lowest BCUT2D eigenvalue weighted by atomic mass is 9.77. The predicted molar refractivity (Wildman–Crippen MR) is 82.5 cm³/mol. The molecule has 0 aromatic carbocycles. The van der Waals surface area contributed by atoms with Crippen LogP contribution in [0.1, 0.15) is 52.4 Å². The number of nitrogens with two attached hydrogens (primary N) is 1. The molecule has 1 aliphatic heterocycles. The fourth-order valence-electron chi connectivity index (χ4n) is 3.77. The van der Waals surface area contributed by atoms with Gasteiger partial charge < -0.3 is 16.0 Å². The third-order valence-electron chi connectivity index (χ3n) is 4.69. The standard InChI is InChI=1S/C16H29N3O2/c1-11(2)9-19(10-15(17)20)16(21)14-8-7-12-5-3-4-6-13(12)18-14/h11-14,18H,3-10H2,1-2H3,(H2,17,20). The van der Waals surface area contributed by atoms with Crippen molar-refractivity contribution >= 4 is 11.8 Å². The van der Waals surface area contributed by atoms with Crippen LogP contribution in [0.5, 0.6) is 0 Å². The fraction of sp³-hybridized carbons (Fsp3) is 0.875. The molecule has 1 saturated heterocycles. The van der Waals surface area contributed by atoms with Crippen molar-refractivity contribution in [1.82, 2.24) is 10.2 Å². The summed E-state index contributed by atoms with van der Waals surface area (Å²) < 4.78 is 0. The molecule has 0 bridgehead atoms. The molecule has 0 aromatic heterocycles. The number of primary amides is 1. The topological polar surface area (TPSA) is 75.4 Å². The van der Waals surface area contributed by atoms with Crippen LogP contribution in [0.3, 0.4) is 0 Å². The van der Waals surface area contributed by atoms with Gasteiger partial charge in [0.15, 0.2) is 0 Å². The Labute approximate surface area is 127 Å². The average molecular weight is 295 g/mol. The van der Waals surface area contributed by atoms with E-state index in [-0.39, 0.29) is 18.5 Å². The molecule has 2 fully saturated rings. The molecule has 1 heterocycles. The summed E-state index contributed by atoms with van der Waals surface area (Å²) in [6.45, 7) is 4.72. The van der Waals surface area contributed by atoms with E-state index in [1.165, 1.54) is 25.7 Å². The molecule has 3 atom stereocenters. The van der Waals surface area contributed by atoms with E-state index in [0.717, 1.165) is 18.8 Å². The second-order valence-corrected chi connectivity index (χ2v) is 7.03. The number of carbonyl (C=O) groups excluding carboxylic acids is 2. The first-order valence-corrected chi connectivity index (χ1v) is 8.30. The van der Waals surface area contributed by atoms with Crippen molar-refractivity contribution < 1.29 is 9.59 Å². The first-order chi connectivity index (χ1) is 9.97. The Morgan fingerprint density at radius 3 is 2.57 bits per heavy atom. The molecule has 21 heavy (non-hydrogen) atoms. The molecular weight excluding hydrogens is 266 g/mol. The van der Waals surface area contributed by atoms with Crippen molar-refractivity contribution in [2.45, 2.75) is 64.5 Å². The van der Waals surface area contributed by atoms with Gasteiger partial charge in [-0.3, -0.25) is 9.59 Å². The summed E-state index contributed by atoms with van der Waals surface area (Å²) in [4.78, 5) is 25.5. The number of fused-ring (bicyclic) bond motifs is 1. The van der Waals surface area contributed by atoms with Crippen LogP contribution in [0.25, 0.3) is 0 Å². The summed E-state index contributed by atoms with van der Waals surface area (Å²) in [5, 5.41) is 3.54. The van der Waals surface area contributed by atoms with Crippen molar-refractivity contribution in [2.24, 2.45) is 17.6 Å². The second-order valence-electron chi connectivity index (χ2n) is 7.03. The predicted octanol–water partition coefficient (Wildman–Crippen LogP) is 1.27. The Kier molecular flexibility index (Phi) is 5.62. The van der Waals surface area contributed by atoms with Gasteiger partial charge in [-0.2, -0.15) is 0 Å². The van der Waals surface area contributed by atoms with Crippen molar-refractivity contribution in [1.29, 1.82) is 0 Å². The maximum Gasteiger partial charge on any atom is 0.240 e. The third-order valence-corrected chi connectivity index (χ3v) is 4.69. The minimum Gasteiger partial charge on any atom is -0.368 e. The van der Waals surface area contributed by atoms with E-state index in [1.807, 2.05) is 13.8 Å². The zero-order valence-electron chi connectivity index (χ0n) is 13.3. The molecule has 5 nitrogen and oxygen atoms in total. The lowest BCUT2D eigenvalue weighted by molar-refractivity contribution is -0.138. The molecule has 0 spiro atoms. The van der Waals surface area contributed by atoms with Crippen LogP contribution in [-0.4, -0.2) is 41.9 Å². The highest BCUT2D eigenvalue weighted by Gasteiger charge is 2.36. The van der Waals surface area contributed by atoms with Crippen LogP contribution >= 0.6 is 0 Å². The van der Waals surface area contributed by atoms with E-state index in [2.05, 4.69) is 5.32 Å². The summed E-state index contributed by atoms with van der Waals surface area (Å²) in [5.74, 6) is 0.679. The Bertz CT molecular complexity index is 384. The summed E-state index contributed by atoms with van der Waals surface area (Å²) >= 11 is 0. The molecule has 2 rings (SSSR count). The highest BCUT2D eigenvalue weighted by Crippen LogP contribution is 2.32. The quantitative estimate of drug-likeness (QED) is 0.802. The van der Waals surface area contributed by atoms with Gasteiger partial charge in [0, 0.05) is 12.6 Å². The molecule has 0 radical (unpaired) electrons. The molecular formula is C16H29N3O2. The largest absolute Gasteiger partial charge is 0.368 e. The van der Waals surface area contributed by atoms with Gasteiger partial charge in [0.1, 0.15) is 0 Å². The minimum atomic E-state index is -0.435. The Balaban J connectivity index is 1.97. The number of carbonyl (C=O) groups is 2. The summed E-state index contributed by atoms with van der Waals surface area (Å²) in [5.41, 5.74) is 5.29. The number of nitrogens with zero attached hydrogens (tertiary/aromatic N) is 1. The number of hydrogen-bond donors (Lipinski definition) is 2. The summed E-state index contributed by atoms with van der Waals surface area (Å²) in [6, 6.07) is 0.346. The van der Waals surface area contributed by atoms with Gasteiger partial charge in [-0.15, -0.1) is 0 Å². The highest BCUT2D eigenvalue weighted by atomic mass is 16.2. The number of amides is 2. The van der Waals surface area contributed by atoms with E-state index in [0.29, 0.717) is 18.5 Å². The molecule has 1 aliphatic carbocycles. The van der Waals surface area contributed by atoms with Crippen LogP contribution in [0.2, 0.25) is 0 Å². The zero-order valence-corrected chi connectivity index (χ0v) is 13.3. The van der Waals surface area contributed by atoms with Crippen LogP contribution < -0.4 is 11.1 Å². The van der Waals surface area contributed by atoms with Gasteiger partial charge in [-0.05, 0) is 37.5 Å². The SMILES string of the molecule is CC(C)CN(CC(N)=O)C(=O)C1CCC2CCCCC2N1. The number of rotatable bonds is 5. The molecule has 5 heteroatoms.